The maximum absolute atomic E-state index is 14.2. The van der Waals surface area contributed by atoms with Crippen LogP contribution in [-0.2, 0) is 6.54 Å². The zero-order valence-corrected chi connectivity index (χ0v) is 20.3. The smallest absolute Gasteiger partial charge is 0.321 e. The summed E-state index contributed by atoms with van der Waals surface area (Å²) in [6.45, 7) is 7.01. The molecule has 1 aliphatic heterocycles. The molecule has 0 bridgehead atoms. The van der Waals surface area contributed by atoms with Crippen LogP contribution in [0.25, 0.3) is 15.5 Å². The van der Waals surface area contributed by atoms with E-state index in [2.05, 4.69) is 20.3 Å². The normalized spacial score (nSPS) is 14.4. The van der Waals surface area contributed by atoms with E-state index in [4.69, 9.17) is 0 Å². The molecule has 10 heteroatoms. The van der Waals surface area contributed by atoms with E-state index in [1.807, 2.05) is 32.0 Å². The standard InChI is InChI=1S/C25H25FN6O2S/c1-16-6-5-9-21(17(16)2)28-24(34)31-12-10-30(11-13-31)15-18-14-22(33)32-25(27-18)35-23(29-32)19-7-3-4-8-20(19)26/h3-9,14H,10-13,15H2,1-2H3,(H,28,34). The molecule has 1 N–H and O–H groups in total. The third kappa shape index (κ3) is 4.80. The minimum Gasteiger partial charge on any atom is -0.322 e. The third-order valence-electron chi connectivity index (χ3n) is 6.29. The summed E-state index contributed by atoms with van der Waals surface area (Å²) in [5.74, 6) is -0.390. The summed E-state index contributed by atoms with van der Waals surface area (Å²) in [5.41, 5.74) is 3.71. The van der Waals surface area contributed by atoms with Gasteiger partial charge in [0.05, 0.1) is 5.69 Å². The zero-order valence-electron chi connectivity index (χ0n) is 19.5. The molecule has 1 saturated heterocycles. The van der Waals surface area contributed by atoms with E-state index in [-0.39, 0.29) is 17.4 Å². The van der Waals surface area contributed by atoms with Crippen molar-refractivity contribution in [2.24, 2.45) is 0 Å². The average molecular weight is 493 g/mol. The average Bonchev–Trinajstić information content (AvgIpc) is 3.27. The van der Waals surface area contributed by atoms with Gasteiger partial charge in [0.25, 0.3) is 5.56 Å². The van der Waals surface area contributed by atoms with Crippen molar-refractivity contribution in [1.29, 1.82) is 0 Å². The first kappa shape index (κ1) is 23.1. The van der Waals surface area contributed by atoms with Crippen LogP contribution in [0.3, 0.4) is 0 Å². The molecule has 4 aromatic rings. The Kier molecular flexibility index (Phi) is 6.31. The summed E-state index contributed by atoms with van der Waals surface area (Å²) < 4.78 is 15.4. The van der Waals surface area contributed by atoms with Crippen molar-refractivity contribution < 1.29 is 9.18 Å². The molecular formula is C25H25FN6O2S. The highest BCUT2D eigenvalue weighted by Gasteiger charge is 2.22. The minimum atomic E-state index is -0.390. The summed E-state index contributed by atoms with van der Waals surface area (Å²) in [6.07, 6.45) is 0. The van der Waals surface area contributed by atoms with E-state index in [9.17, 15) is 14.0 Å². The maximum atomic E-state index is 14.2. The van der Waals surface area contributed by atoms with Crippen molar-refractivity contribution in [1.82, 2.24) is 24.4 Å². The Morgan fingerprint density at radius 2 is 1.86 bits per heavy atom. The van der Waals surface area contributed by atoms with E-state index >= 15 is 0 Å². The SMILES string of the molecule is Cc1cccc(NC(=O)N2CCN(Cc3cc(=O)n4nc(-c5ccccc5F)sc4n3)CC2)c1C. The Morgan fingerprint density at radius 1 is 1.09 bits per heavy atom. The van der Waals surface area contributed by atoms with E-state index < -0.39 is 0 Å². The van der Waals surface area contributed by atoms with Crippen LogP contribution in [0, 0.1) is 19.7 Å². The molecular weight excluding hydrogens is 467 g/mol. The molecule has 35 heavy (non-hydrogen) atoms. The molecule has 180 valence electrons. The van der Waals surface area contributed by atoms with Gasteiger partial charge in [-0.2, -0.15) is 9.61 Å². The van der Waals surface area contributed by atoms with Gasteiger partial charge in [-0.25, -0.2) is 14.2 Å². The molecule has 2 amide bonds. The number of nitrogens with one attached hydrogen (secondary N) is 1. The number of benzene rings is 2. The van der Waals surface area contributed by atoms with Gasteiger partial charge in [-0.05, 0) is 43.2 Å². The maximum Gasteiger partial charge on any atom is 0.321 e. The van der Waals surface area contributed by atoms with Crippen LogP contribution in [0.5, 0.6) is 0 Å². The highest BCUT2D eigenvalue weighted by Crippen LogP contribution is 2.26. The van der Waals surface area contributed by atoms with Gasteiger partial charge < -0.3 is 10.2 Å². The largest absolute Gasteiger partial charge is 0.322 e. The molecule has 0 atom stereocenters. The van der Waals surface area contributed by atoms with Gasteiger partial charge >= 0.3 is 6.03 Å². The van der Waals surface area contributed by atoms with Gasteiger partial charge in [0, 0.05) is 50.0 Å². The van der Waals surface area contributed by atoms with Crippen molar-refractivity contribution in [3.05, 3.63) is 81.5 Å². The number of rotatable bonds is 4. The minimum absolute atomic E-state index is 0.110. The molecule has 5 rings (SSSR count). The van der Waals surface area contributed by atoms with Crippen LogP contribution in [0.2, 0.25) is 0 Å². The number of aromatic nitrogens is 3. The molecule has 3 heterocycles. The predicted octanol–water partition coefficient (Wildman–Crippen LogP) is 3.92. The van der Waals surface area contributed by atoms with E-state index in [0.29, 0.717) is 53.9 Å². The number of fused-ring (bicyclic) bond motifs is 1. The van der Waals surface area contributed by atoms with Crippen molar-refractivity contribution >= 4 is 28.0 Å². The molecule has 0 unspecified atom stereocenters. The molecule has 1 aliphatic rings. The molecule has 8 nitrogen and oxygen atoms in total. The van der Waals surface area contributed by atoms with Crippen molar-refractivity contribution in [3.63, 3.8) is 0 Å². The monoisotopic (exact) mass is 492 g/mol. The van der Waals surface area contributed by atoms with Crippen LogP contribution < -0.4 is 10.9 Å². The fourth-order valence-electron chi connectivity index (χ4n) is 4.10. The van der Waals surface area contributed by atoms with Crippen LogP contribution in [0.1, 0.15) is 16.8 Å². The highest BCUT2D eigenvalue weighted by atomic mass is 32.1. The van der Waals surface area contributed by atoms with Crippen LogP contribution >= 0.6 is 11.3 Å². The number of carbonyl (C=O) groups excluding carboxylic acids is 1. The molecule has 2 aromatic carbocycles. The van der Waals surface area contributed by atoms with Crippen LogP contribution in [0.4, 0.5) is 14.9 Å². The molecule has 0 saturated carbocycles. The highest BCUT2D eigenvalue weighted by molar-refractivity contribution is 7.19. The Morgan fingerprint density at radius 3 is 2.63 bits per heavy atom. The number of hydrogen-bond acceptors (Lipinski definition) is 6. The van der Waals surface area contributed by atoms with E-state index in [1.54, 1.807) is 23.1 Å². The second-order valence-corrected chi connectivity index (χ2v) is 9.56. The Bertz CT molecular complexity index is 1460. The first-order valence-electron chi connectivity index (χ1n) is 11.4. The lowest BCUT2D eigenvalue weighted by Crippen LogP contribution is -2.49. The number of piperazine rings is 1. The van der Waals surface area contributed by atoms with Gasteiger partial charge in [-0.3, -0.25) is 9.69 Å². The quantitative estimate of drug-likeness (QED) is 0.467. The Balaban J connectivity index is 1.24. The lowest BCUT2D eigenvalue weighted by Gasteiger charge is -2.34. The zero-order chi connectivity index (χ0) is 24.5. The molecule has 1 fully saturated rings. The van der Waals surface area contributed by atoms with Crippen molar-refractivity contribution in [2.75, 3.05) is 31.5 Å². The fourth-order valence-corrected chi connectivity index (χ4v) is 5.05. The number of amides is 2. The molecule has 0 spiro atoms. The first-order valence-corrected chi connectivity index (χ1v) is 12.2. The molecule has 2 aromatic heterocycles. The number of anilines is 1. The number of nitrogens with zero attached hydrogens (tertiary/aromatic N) is 5. The summed E-state index contributed by atoms with van der Waals surface area (Å²) in [5, 5.41) is 7.68. The van der Waals surface area contributed by atoms with Gasteiger partial charge in [-0.15, -0.1) is 0 Å². The Labute approximate surface area is 205 Å². The molecule has 0 aliphatic carbocycles. The topological polar surface area (TPSA) is 82.8 Å². The van der Waals surface area contributed by atoms with Gasteiger partial charge in [-0.1, -0.05) is 35.6 Å². The van der Waals surface area contributed by atoms with Crippen LogP contribution in [0.15, 0.2) is 53.3 Å². The number of aryl methyl sites for hydroxylation is 1. The number of carbonyl (C=O) groups is 1. The summed E-state index contributed by atoms with van der Waals surface area (Å²) in [6, 6.07) is 13.6. The van der Waals surface area contributed by atoms with Crippen LogP contribution in [-0.4, -0.2) is 56.6 Å². The number of halogens is 1. The molecule has 0 radical (unpaired) electrons. The third-order valence-corrected chi connectivity index (χ3v) is 7.24. The van der Waals surface area contributed by atoms with Gasteiger partial charge in [0.15, 0.2) is 5.01 Å². The van der Waals surface area contributed by atoms with Gasteiger partial charge in [0.2, 0.25) is 4.96 Å². The number of urea groups is 1. The van der Waals surface area contributed by atoms with Crippen molar-refractivity contribution in [3.8, 4) is 10.6 Å². The summed E-state index contributed by atoms with van der Waals surface area (Å²) >= 11 is 1.18. The number of hydrogen-bond donors (Lipinski definition) is 1. The van der Waals surface area contributed by atoms with E-state index in [0.717, 1.165) is 16.8 Å². The second kappa shape index (κ2) is 9.55. The second-order valence-electron chi connectivity index (χ2n) is 8.61. The van der Waals surface area contributed by atoms with Crippen molar-refractivity contribution in [2.45, 2.75) is 20.4 Å². The van der Waals surface area contributed by atoms with Gasteiger partial charge in [0.1, 0.15) is 5.82 Å². The lowest BCUT2D eigenvalue weighted by atomic mass is 10.1. The predicted molar refractivity (Wildman–Crippen MR) is 134 cm³/mol. The Hall–Kier alpha value is -3.63. The summed E-state index contributed by atoms with van der Waals surface area (Å²) in [4.78, 5) is 34.4. The first-order chi connectivity index (χ1) is 16.9. The fraction of sp³-hybridized carbons (Fsp3) is 0.280. The van der Waals surface area contributed by atoms with E-state index in [1.165, 1.54) is 28.0 Å². The summed E-state index contributed by atoms with van der Waals surface area (Å²) in [7, 11) is 0. The lowest BCUT2D eigenvalue weighted by molar-refractivity contribution is 0.142.